The maximum Gasteiger partial charge on any atom is 0.409 e. The van der Waals surface area contributed by atoms with Crippen molar-refractivity contribution in [2.24, 2.45) is 11.7 Å². The van der Waals surface area contributed by atoms with Crippen molar-refractivity contribution < 1.29 is 14.7 Å². The highest BCUT2D eigenvalue weighted by Crippen LogP contribution is 2.18. The first kappa shape index (κ1) is 15.4. The van der Waals surface area contributed by atoms with Crippen molar-refractivity contribution in [2.75, 3.05) is 19.7 Å². The number of piperidine rings is 1. The van der Waals surface area contributed by atoms with Gasteiger partial charge in [0, 0.05) is 13.1 Å². The van der Waals surface area contributed by atoms with Crippen LogP contribution in [-0.4, -0.2) is 42.1 Å². The van der Waals surface area contributed by atoms with Gasteiger partial charge in [-0.1, -0.05) is 0 Å². The van der Waals surface area contributed by atoms with Crippen LogP contribution >= 0.6 is 12.4 Å². The lowest BCUT2D eigenvalue weighted by Gasteiger charge is -2.33. The number of nitrogens with zero attached hydrogens (tertiary/aromatic N) is 1. The molecule has 0 bridgehead atoms. The van der Waals surface area contributed by atoms with Crippen molar-refractivity contribution in [2.45, 2.75) is 25.9 Å². The molecule has 1 unspecified atom stereocenters. The predicted octanol–water partition coefficient (Wildman–Crippen LogP) is 0.540. The third-order valence-corrected chi connectivity index (χ3v) is 2.72. The van der Waals surface area contributed by atoms with Gasteiger partial charge in [0.2, 0.25) is 0 Å². The van der Waals surface area contributed by atoms with Crippen molar-refractivity contribution in [1.29, 1.82) is 0 Å². The fourth-order valence-electron chi connectivity index (χ4n) is 1.76. The molecular weight excluding hydrogens is 234 g/mol. The Balaban J connectivity index is 0.00000225. The molecule has 1 heterocycles. The van der Waals surface area contributed by atoms with Gasteiger partial charge in [0.1, 0.15) is 0 Å². The van der Waals surface area contributed by atoms with Gasteiger partial charge in [0.05, 0.1) is 12.8 Å². The summed E-state index contributed by atoms with van der Waals surface area (Å²) in [4.78, 5) is 13.0. The molecule has 0 aromatic heterocycles. The minimum atomic E-state index is -0.408. The van der Waals surface area contributed by atoms with Crippen LogP contribution in [0.1, 0.15) is 19.8 Å². The summed E-state index contributed by atoms with van der Waals surface area (Å²) in [5.74, 6) is 0.209. The first-order chi connectivity index (χ1) is 7.19. The van der Waals surface area contributed by atoms with Gasteiger partial charge in [-0.15, -0.1) is 12.4 Å². The van der Waals surface area contributed by atoms with Crippen LogP contribution in [0.5, 0.6) is 0 Å². The van der Waals surface area contributed by atoms with Crippen LogP contribution in [0.3, 0.4) is 0 Å². The number of hydrogen-bond acceptors (Lipinski definition) is 5. The highest BCUT2D eigenvalue weighted by Gasteiger charge is 2.26. The van der Waals surface area contributed by atoms with Crippen LogP contribution < -0.4 is 11.2 Å². The van der Waals surface area contributed by atoms with Gasteiger partial charge in [-0.05, 0) is 25.7 Å². The Kier molecular flexibility index (Phi) is 7.40. The number of likely N-dealkylation sites (tertiary alicyclic amines) is 1. The number of rotatable bonds is 3. The largest absolute Gasteiger partial charge is 0.450 e. The second-order valence-electron chi connectivity index (χ2n) is 3.68. The molecule has 1 aliphatic rings. The highest BCUT2D eigenvalue weighted by atomic mass is 35.5. The SMILES string of the molecule is CCOC(=O)N1CCC(C(N)NO)CC1.Cl. The summed E-state index contributed by atoms with van der Waals surface area (Å²) >= 11 is 0. The number of hydroxylamine groups is 1. The molecule has 6 nitrogen and oxygen atoms in total. The van der Waals surface area contributed by atoms with Crippen LogP contribution in [0.25, 0.3) is 0 Å². The van der Waals surface area contributed by atoms with E-state index in [1.165, 1.54) is 0 Å². The van der Waals surface area contributed by atoms with E-state index in [9.17, 15) is 4.79 Å². The van der Waals surface area contributed by atoms with Crippen LogP contribution in [0.4, 0.5) is 4.79 Å². The van der Waals surface area contributed by atoms with Gasteiger partial charge in [-0.3, -0.25) is 0 Å². The lowest BCUT2D eigenvalue weighted by molar-refractivity contribution is 0.0599. The highest BCUT2D eigenvalue weighted by molar-refractivity contribution is 5.85. The number of hydrogen-bond donors (Lipinski definition) is 3. The van der Waals surface area contributed by atoms with Gasteiger partial charge >= 0.3 is 6.09 Å². The number of amides is 1. The maximum atomic E-state index is 11.4. The van der Waals surface area contributed by atoms with Crippen molar-refractivity contribution >= 4 is 18.5 Å². The summed E-state index contributed by atoms with van der Waals surface area (Å²) in [6.45, 7) is 3.46. The lowest BCUT2D eigenvalue weighted by Crippen LogP contribution is -2.48. The summed E-state index contributed by atoms with van der Waals surface area (Å²) in [6, 6.07) is 0. The van der Waals surface area contributed by atoms with Gasteiger partial charge in [0.25, 0.3) is 0 Å². The Morgan fingerprint density at radius 1 is 1.62 bits per heavy atom. The third kappa shape index (κ3) is 4.13. The number of ether oxygens (including phenoxy) is 1. The van der Waals surface area contributed by atoms with E-state index >= 15 is 0 Å². The van der Waals surface area contributed by atoms with Crippen LogP contribution in [0.2, 0.25) is 0 Å². The number of nitrogens with two attached hydrogens (primary N) is 1. The molecule has 1 atom stereocenters. The van der Waals surface area contributed by atoms with Crippen molar-refractivity contribution in [3.63, 3.8) is 0 Å². The van der Waals surface area contributed by atoms with Crippen LogP contribution in [0, 0.1) is 5.92 Å². The normalized spacial score (nSPS) is 18.8. The maximum absolute atomic E-state index is 11.4. The number of carbonyl (C=O) groups excluding carboxylic acids is 1. The number of nitrogens with one attached hydrogen (secondary N) is 1. The summed E-state index contributed by atoms with van der Waals surface area (Å²) in [7, 11) is 0. The molecule has 1 rings (SSSR count). The van der Waals surface area contributed by atoms with E-state index in [1.807, 2.05) is 5.48 Å². The van der Waals surface area contributed by atoms with E-state index in [-0.39, 0.29) is 24.4 Å². The first-order valence-corrected chi connectivity index (χ1v) is 5.26. The monoisotopic (exact) mass is 253 g/mol. The zero-order chi connectivity index (χ0) is 11.3. The molecule has 96 valence electrons. The molecule has 16 heavy (non-hydrogen) atoms. The number of halogens is 1. The van der Waals surface area contributed by atoms with Gasteiger partial charge in [0.15, 0.2) is 0 Å². The second kappa shape index (κ2) is 7.67. The molecule has 1 saturated heterocycles. The second-order valence-corrected chi connectivity index (χ2v) is 3.68. The Morgan fingerprint density at radius 2 is 2.19 bits per heavy atom. The lowest BCUT2D eigenvalue weighted by atomic mass is 9.94. The van der Waals surface area contributed by atoms with Gasteiger partial charge in [-0.2, -0.15) is 5.48 Å². The average Bonchev–Trinajstić information content (AvgIpc) is 2.28. The fraction of sp³-hybridized carbons (Fsp3) is 0.889. The van der Waals surface area contributed by atoms with Crippen LogP contribution in [-0.2, 0) is 4.74 Å². The molecule has 0 radical (unpaired) electrons. The van der Waals surface area contributed by atoms with Crippen molar-refractivity contribution in [1.82, 2.24) is 10.4 Å². The molecule has 0 saturated carbocycles. The van der Waals surface area contributed by atoms with E-state index in [4.69, 9.17) is 15.7 Å². The van der Waals surface area contributed by atoms with Crippen molar-refractivity contribution in [3.8, 4) is 0 Å². The smallest absolute Gasteiger partial charge is 0.409 e. The zero-order valence-corrected chi connectivity index (χ0v) is 10.2. The molecule has 4 N–H and O–H groups in total. The van der Waals surface area contributed by atoms with Crippen LogP contribution in [0.15, 0.2) is 0 Å². The Bertz CT molecular complexity index is 210. The Labute approximate surface area is 101 Å². The molecule has 0 spiro atoms. The summed E-state index contributed by atoms with van der Waals surface area (Å²) in [6.07, 6.45) is 0.900. The molecule has 1 amide bonds. The quantitative estimate of drug-likeness (QED) is 0.505. The van der Waals surface area contributed by atoms with E-state index in [2.05, 4.69) is 0 Å². The molecule has 0 aromatic carbocycles. The predicted molar refractivity (Wildman–Crippen MR) is 61.5 cm³/mol. The number of carbonyl (C=O) groups is 1. The average molecular weight is 254 g/mol. The summed E-state index contributed by atoms with van der Waals surface area (Å²) in [5, 5.41) is 8.67. The third-order valence-electron chi connectivity index (χ3n) is 2.72. The zero-order valence-electron chi connectivity index (χ0n) is 9.39. The minimum absolute atomic E-state index is 0. The Hall–Kier alpha value is -0.560. The van der Waals surface area contributed by atoms with E-state index in [0.717, 1.165) is 12.8 Å². The Morgan fingerprint density at radius 3 is 2.62 bits per heavy atom. The molecular formula is C9H20ClN3O3. The minimum Gasteiger partial charge on any atom is -0.450 e. The molecule has 0 aliphatic carbocycles. The van der Waals surface area contributed by atoms with Gasteiger partial charge in [-0.25, -0.2) is 4.79 Å². The molecule has 1 aliphatic heterocycles. The fourth-order valence-corrected chi connectivity index (χ4v) is 1.76. The van der Waals surface area contributed by atoms with E-state index in [0.29, 0.717) is 19.7 Å². The summed E-state index contributed by atoms with van der Waals surface area (Å²) in [5.41, 5.74) is 7.68. The van der Waals surface area contributed by atoms with E-state index < -0.39 is 6.17 Å². The topological polar surface area (TPSA) is 87.8 Å². The van der Waals surface area contributed by atoms with Gasteiger partial charge < -0.3 is 20.6 Å². The van der Waals surface area contributed by atoms with Crippen molar-refractivity contribution in [3.05, 3.63) is 0 Å². The molecule has 1 fully saturated rings. The van der Waals surface area contributed by atoms with E-state index in [1.54, 1.807) is 11.8 Å². The first-order valence-electron chi connectivity index (χ1n) is 5.26. The molecule has 7 heteroatoms. The molecule has 0 aromatic rings. The standard InChI is InChI=1S/C9H19N3O3.ClH/c1-2-15-9(13)12-5-3-7(4-6-12)8(10)11-14;/h7-8,11,14H,2-6,10H2,1H3;1H. The summed E-state index contributed by atoms with van der Waals surface area (Å²) < 4.78 is 4.89.